The summed E-state index contributed by atoms with van der Waals surface area (Å²) >= 11 is 6.27. The molecule has 0 radical (unpaired) electrons. The van der Waals surface area contributed by atoms with Crippen molar-refractivity contribution >= 4 is 33.0 Å². The van der Waals surface area contributed by atoms with Crippen LogP contribution in [0, 0.1) is 17.8 Å². The van der Waals surface area contributed by atoms with Crippen LogP contribution in [-0.2, 0) is 19.4 Å². The van der Waals surface area contributed by atoms with Gasteiger partial charge in [0.1, 0.15) is 5.75 Å². The Hall–Kier alpha value is -2.83. The third kappa shape index (κ3) is 3.43. The van der Waals surface area contributed by atoms with E-state index in [9.17, 15) is 4.79 Å². The van der Waals surface area contributed by atoms with E-state index >= 15 is 8.42 Å². The van der Waals surface area contributed by atoms with Crippen molar-refractivity contribution in [1.29, 1.82) is 0 Å². The molecule has 39 heavy (non-hydrogen) atoms. The molecule has 1 amide bonds. The summed E-state index contributed by atoms with van der Waals surface area (Å²) in [6.07, 6.45) is 5.37. The summed E-state index contributed by atoms with van der Waals surface area (Å²) in [4.78, 5) is 16.4. The van der Waals surface area contributed by atoms with Gasteiger partial charge in [-0.1, -0.05) is 54.1 Å². The molecule has 5 fully saturated rings. The molecule has 5 aliphatic rings. The predicted octanol–water partition coefficient (Wildman–Crippen LogP) is 6.72. The molecule has 202 valence electrons. The lowest BCUT2D eigenvalue weighted by atomic mass is 9.56. The van der Waals surface area contributed by atoms with Gasteiger partial charge in [-0.2, -0.15) is 0 Å². The van der Waals surface area contributed by atoms with E-state index in [-0.39, 0.29) is 5.91 Å². The van der Waals surface area contributed by atoms with Crippen molar-refractivity contribution in [2.24, 2.45) is 17.8 Å². The summed E-state index contributed by atoms with van der Waals surface area (Å²) in [5.74, 6) is 1.59. The molecular formula is C32H32ClNO4S. The lowest BCUT2D eigenvalue weighted by molar-refractivity contribution is -0.129. The van der Waals surface area contributed by atoms with Crippen molar-refractivity contribution in [1.82, 2.24) is 0 Å². The van der Waals surface area contributed by atoms with E-state index in [1.54, 1.807) is 36.3 Å². The van der Waals surface area contributed by atoms with Crippen LogP contribution < -0.4 is 9.64 Å². The van der Waals surface area contributed by atoms with Crippen molar-refractivity contribution in [2.75, 3.05) is 12.0 Å². The first-order valence-electron chi connectivity index (χ1n) is 13.8. The fourth-order valence-electron chi connectivity index (χ4n) is 8.65. The van der Waals surface area contributed by atoms with Crippen molar-refractivity contribution in [3.63, 3.8) is 0 Å². The highest BCUT2D eigenvalue weighted by Crippen LogP contribution is 2.66. The summed E-state index contributed by atoms with van der Waals surface area (Å²) in [6, 6.07) is 23.0. The first kappa shape index (κ1) is 25.2. The number of methoxy groups -OCH3 is 1. The summed E-state index contributed by atoms with van der Waals surface area (Å²) in [7, 11) is -2.40. The highest BCUT2D eigenvalue weighted by Gasteiger charge is 2.75. The molecule has 0 spiro atoms. The SMILES string of the molecule is COc1ccc(N2C(=O)[C@](c3ccccc3)(S(=O)(=O)C34CC5CC(CC(C5)C3)C4)[C@@H]2c2ccc(Cl)cc2)cc1. The smallest absolute Gasteiger partial charge is 0.256 e. The van der Waals surface area contributed by atoms with Crippen LogP contribution in [0.15, 0.2) is 78.9 Å². The average Bonchev–Trinajstić information content (AvgIpc) is 2.92. The molecule has 4 saturated carbocycles. The molecule has 0 N–H and O–H groups in total. The van der Waals surface area contributed by atoms with E-state index in [1.165, 1.54) is 0 Å². The lowest BCUT2D eigenvalue weighted by Crippen LogP contribution is -2.74. The van der Waals surface area contributed by atoms with Crippen LogP contribution in [0.25, 0.3) is 0 Å². The minimum Gasteiger partial charge on any atom is -0.497 e. The number of anilines is 1. The van der Waals surface area contributed by atoms with Crippen molar-refractivity contribution in [3.05, 3.63) is 95.0 Å². The Morgan fingerprint density at radius 3 is 1.92 bits per heavy atom. The van der Waals surface area contributed by atoms with Crippen LogP contribution in [0.5, 0.6) is 5.75 Å². The minimum atomic E-state index is -4.00. The summed E-state index contributed by atoms with van der Waals surface area (Å²) in [5.41, 5.74) is 1.95. The van der Waals surface area contributed by atoms with Gasteiger partial charge in [0.2, 0.25) is 4.75 Å². The van der Waals surface area contributed by atoms with Gasteiger partial charge < -0.3 is 9.64 Å². The average molecular weight is 562 g/mol. The highest BCUT2D eigenvalue weighted by molar-refractivity contribution is 7.94. The van der Waals surface area contributed by atoms with Gasteiger partial charge in [-0.25, -0.2) is 8.42 Å². The van der Waals surface area contributed by atoms with E-state index in [0.717, 1.165) is 24.8 Å². The Bertz CT molecular complexity index is 1490. The third-order valence-electron chi connectivity index (χ3n) is 9.89. The predicted molar refractivity (Wildman–Crippen MR) is 153 cm³/mol. The maximum atomic E-state index is 15.4. The van der Waals surface area contributed by atoms with Crippen molar-refractivity contribution in [2.45, 2.75) is 54.1 Å². The maximum Gasteiger partial charge on any atom is 0.256 e. The molecule has 1 heterocycles. The normalized spacial score (nSPS) is 33.2. The van der Waals surface area contributed by atoms with Crippen LogP contribution >= 0.6 is 11.6 Å². The van der Waals surface area contributed by atoms with Crippen LogP contribution in [0.1, 0.15) is 55.7 Å². The number of carbonyl (C=O) groups is 1. The first-order chi connectivity index (χ1) is 18.8. The standard InChI is InChI=1S/C32H32ClNO4S/c1-38-28-13-11-27(12-14-28)34-29(24-7-9-26(33)10-8-24)32(30(34)35,25-5-3-2-4-6-25)39(36,37)31-18-21-15-22(19-31)17-23(16-21)20-31/h2-14,21-23,29H,15-20H2,1H3/t21?,22?,23?,29-,31?,32+/m0/s1. The topological polar surface area (TPSA) is 63.7 Å². The molecular weight excluding hydrogens is 530 g/mol. The maximum absolute atomic E-state index is 15.4. The van der Waals surface area contributed by atoms with Gasteiger partial charge in [0.25, 0.3) is 5.91 Å². The Balaban J connectivity index is 1.46. The summed E-state index contributed by atoms with van der Waals surface area (Å²) in [5, 5.41) is 0.564. The molecule has 1 saturated heterocycles. The number of amides is 1. The largest absolute Gasteiger partial charge is 0.497 e. The molecule has 7 heteroatoms. The van der Waals surface area contributed by atoms with Gasteiger partial charge in [0.15, 0.2) is 9.84 Å². The highest BCUT2D eigenvalue weighted by atomic mass is 35.5. The van der Waals surface area contributed by atoms with Crippen molar-refractivity contribution < 1.29 is 17.9 Å². The number of nitrogens with zero attached hydrogens (tertiary/aromatic N) is 1. The molecule has 3 aromatic rings. The Kier molecular flexibility index (Phi) is 5.70. The summed E-state index contributed by atoms with van der Waals surface area (Å²) in [6.45, 7) is 0. The van der Waals surface area contributed by atoms with Gasteiger partial charge in [0, 0.05) is 10.7 Å². The van der Waals surface area contributed by atoms with E-state index in [2.05, 4.69) is 0 Å². The number of benzene rings is 3. The molecule has 3 aromatic carbocycles. The zero-order valence-electron chi connectivity index (χ0n) is 21.9. The lowest BCUT2D eigenvalue weighted by Gasteiger charge is -2.62. The fraction of sp³-hybridized carbons (Fsp3) is 0.406. The molecule has 0 unspecified atom stereocenters. The number of carbonyl (C=O) groups excluding carboxylic acids is 1. The first-order valence-corrected chi connectivity index (χ1v) is 15.7. The van der Waals surface area contributed by atoms with E-state index in [1.807, 2.05) is 54.6 Å². The number of halogens is 1. The van der Waals surface area contributed by atoms with Crippen LogP contribution in [0.3, 0.4) is 0 Å². The molecule has 4 aliphatic carbocycles. The molecule has 1 aliphatic heterocycles. The van der Waals surface area contributed by atoms with Gasteiger partial charge in [0.05, 0.1) is 17.9 Å². The molecule has 0 aromatic heterocycles. The number of rotatable bonds is 6. The van der Waals surface area contributed by atoms with Gasteiger partial charge >= 0.3 is 0 Å². The quantitative estimate of drug-likeness (QED) is 0.314. The number of hydrogen-bond acceptors (Lipinski definition) is 4. The summed E-state index contributed by atoms with van der Waals surface area (Å²) < 4.78 is 33.6. The minimum absolute atomic E-state index is 0.380. The second kappa shape index (κ2) is 8.84. The van der Waals surface area contributed by atoms with Gasteiger partial charge in [-0.3, -0.25) is 4.79 Å². The number of sulfone groups is 1. The number of ether oxygens (including phenoxy) is 1. The van der Waals surface area contributed by atoms with Gasteiger partial charge in [-0.05, 0) is 104 Å². The second-order valence-corrected chi connectivity index (χ2v) is 15.0. The van der Waals surface area contributed by atoms with Crippen LogP contribution in [-0.4, -0.2) is 26.2 Å². The van der Waals surface area contributed by atoms with Crippen LogP contribution in [0.2, 0.25) is 5.02 Å². The monoisotopic (exact) mass is 561 g/mol. The third-order valence-corrected chi connectivity index (χ3v) is 13.3. The van der Waals surface area contributed by atoms with Crippen LogP contribution in [0.4, 0.5) is 5.69 Å². The Labute approximate surface area is 235 Å². The second-order valence-electron chi connectivity index (χ2n) is 12.0. The number of hydrogen-bond donors (Lipinski definition) is 0. The zero-order chi connectivity index (χ0) is 27.0. The van der Waals surface area contributed by atoms with Gasteiger partial charge in [-0.15, -0.1) is 0 Å². The van der Waals surface area contributed by atoms with E-state index < -0.39 is 25.4 Å². The fourth-order valence-corrected chi connectivity index (χ4v) is 12.1. The molecule has 5 nitrogen and oxygen atoms in total. The molecule has 8 rings (SSSR count). The number of β-lactam (4-membered cyclic amide) rings is 1. The zero-order valence-corrected chi connectivity index (χ0v) is 23.5. The van der Waals surface area contributed by atoms with Crippen molar-refractivity contribution in [3.8, 4) is 5.75 Å². The van der Waals surface area contributed by atoms with E-state index in [4.69, 9.17) is 16.3 Å². The molecule has 4 bridgehead atoms. The molecule has 2 atom stereocenters. The van der Waals surface area contributed by atoms with E-state index in [0.29, 0.717) is 59.0 Å². The Morgan fingerprint density at radius 1 is 0.821 bits per heavy atom. The Morgan fingerprint density at radius 2 is 1.38 bits per heavy atom.